The average Bonchev–Trinajstić information content (AvgIpc) is 2.26. The lowest BCUT2D eigenvalue weighted by Gasteiger charge is -2.09. The predicted molar refractivity (Wildman–Crippen MR) is 78.5 cm³/mol. The van der Waals surface area contributed by atoms with E-state index in [9.17, 15) is 0 Å². The lowest BCUT2D eigenvalue weighted by molar-refractivity contribution is 1.06. The van der Waals surface area contributed by atoms with Gasteiger partial charge in [-0.3, -0.25) is 0 Å². The third kappa shape index (κ3) is 3.20. The van der Waals surface area contributed by atoms with Gasteiger partial charge >= 0.3 is 0 Å². The molecule has 0 radical (unpaired) electrons. The van der Waals surface area contributed by atoms with Crippen LogP contribution in [0.1, 0.15) is 11.4 Å². The minimum absolute atomic E-state index is 0.732. The Bertz CT molecular complexity index is 549. The number of nitrogens with zero attached hydrogens (tertiary/aromatic N) is 2. The van der Waals surface area contributed by atoms with Crippen LogP contribution in [0.3, 0.4) is 0 Å². The molecule has 1 aromatic heterocycles. The normalized spacial score (nSPS) is 10.2. The molecule has 0 unspecified atom stereocenters. The smallest absolute Gasteiger partial charge is 0.136 e. The van der Waals surface area contributed by atoms with Crippen LogP contribution in [-0.2, 0) is 0 Å². The quantitative estimate of drug-likeness (QED) is 0.909. The number of rotatable bonds is 3. The summed E-state index contributed by atoms with van der Waals surface area (Å²) in [6.45, 7) is 3.93. The Morgan fingerprint density at radius 3 is 2.39 bits per heavy atom. The summed E-state index contributed by atoms with van der Waals surface area (Å²) in [5.41, 5.74) is 2.19. The van der Waals surface area contributed by atoms with Crippen LogP contribution < -0.4 is 10.6 Å². The van der Waals surface area contributed by atoms with Gasteiger partial charge in [0.05, 0.1) is 0 Å². The second-order valence-corrected chi connectivity index (χ2v) is 4.99. The fourth-order valence-electron chi connectivity index (χ4n) is 1.72. The van der Waals surface area contributed by atoms with E-state index in [4.69, 9.17) is 0 Å². The van der Waals surface area contributed by atoms with Crippen molar-refractivity contribution in [3.63, 3.8) is 0 Å². The minimum atomic E-state index is 0.732. The van der Waals surface area contributed by atoms with Gasteiger partial charge in [-0.25, -0.2) is 9.97 Å². The highest BCUT2D eigenvalue weighted by atomic mass is 79.9. The van der Waals surface area contributed by atoms with Gasteiger partial charge in [-0.2, -0.15) is 0 Å². The van der Waals surface area contributed by atoms with Gasteiger partial charge in [-0.15, -0.1) is 0 Å². The molecular formula is C13H15BrN4. The second kappa shape index (κ2) is 5.35. The number of nitrogens with one attached hydrogen (secondary N) is 2. The predicted octanol–water partition coefficient (Wildman–Crippen LogP) is 3.64. The van der Waals surface area contributed by atoms with Crippen LogP contribution >= 0.6 is 15.9 Å². The SMILES string of the molecule is CNc1cc(Nc2cc(C)cc(Br)c2)nc(C)n1. The third-order valence-corrected chi connectivity index (χ3v) is 2.87. The molecule has 1 aromatic carbocycles. The maximum absolute atomic E-state index is 4.36. The van der Waals surface area contributed by atoms with Crippen molar-refractivity contribution in [3.05, 3.63) is 40.1 Å². The topological polar surface area (TPSA) is 49.8 Å². The monoisotopic (exact) mass is 306 g/mol. The lowest BCUT2D eigenvalue weighted by atomic mass is 10.2. The first kappa shape index (κ1) is 12.8. The highest BCUT2D eigenvalue weighted by Crippen LogP contribution is 2.22. The molecule has 2 N–H and O–H groups in total. The second-order valence-electron chi connectivity index (χ2n) is 4.08. The molecule has 0 saturated carbocycles. The first-order valence-corrected chi connectivity index (χ1v) is 6.44. The Morgan fingerprint density at radius 2 is 1.72 bits per heavy atom. The van der Waals surface area contributed by atoms with Gasteiger partial charge in [0.15, 0.2) is 0 Å². The van der Waals surface area contributed by atoms with E-state index in [-0.39, 0.29) is 0 Å². The van der Waals surface area contributed by atoms with Gasteiger partial charge in [0.25, 0.3) is 0 Å². The summed E-state index contributed by atoms with van der Waals surface area (Å²) in [6.07, 6.45) is 0. The maximum atomic E-state index is 4.36. The summed E-state index contributed by atoms with van der Waals surface area (Å²) in [5.74, 6) is 2.32. The first-order valence-electron chi connectivity index (χ1n) is 5.64. The molecule has 0 fully saturated rings. The van der Waals surface area contributed by atoms with Crippen LogP contribution in [0.25, 0.3) is 0 Å². The van der Waals surface area contributed by atoms with Gasteiger partial charge in [0.1, 0.15) is 17.5 Å². The zero-order valence-electron chi connectivity index (χ0n) is 10.6. The van der Waals surface area contributed by atoms with Crippen molar-refractivity contribution in [2.45, 2.75) is 13.8 Å². The molecule has 0 spiro atoms. The van der Waals surface area contributed by atoms with Crippen LogP contribution in [0, 0.1) is 13.8 Å². The zero-order valence-corrected chi connectivity index (χ0v) is 12.2. The van der Waals surface area contributed by atoms with Crippen molar-refractivity contribution < 1.29 is 0 Å². The molecule has 1 heterocycles. The average molecular weight is 307 g/mol. The molecule has 2 aromatic rings. The van der Waals surface area contributed by atoms with E-state index >= 15 is 0 Å². The van der Waals surface area contributed by atoms with Gasteiger partial charge in [0.2, 0.25) is 0 Å². The molecule has 94 valence electrons. The molecule has 0 aliphatic carbocycles. The van der Waals surface area contributed by atoms with Crippen LogP contribution in [0.5, 0.6) is 0 Å². The summed E-state index contributed by atoms with van der Waals surface area (Å²) >= 11 is 3.48. The number of hydrogen-bond acceptors (Lipinski definition) is 4. The largest absolute Gasteiger partial charge is 0.373 e. The zero-order chi connectivity index (χ0) is 13.1. The molecule has 4 nitrogen and oxygen atoms in total. The number of anilines is 3. The fraction of sp³-hybridized carbons (Fsp3) is 0.231. The van der Waals surface area contributed by atoms with Crippen LogP contribution in [0.2, 0.25) is 0 Å². The number of aromatic nitrogens is 2. The highest BCUT2D eigenvalue weighted by Gasteiger charge is 2.02. The maximum Gasteiger partial charge on any atom is 0.136 e. The van der Waals surface area contributed by atoms with E-state index in [2.05, 4.69) is 55.6 Å². The van der Waals surface area contributed by atoms with Crippen molar-refractivity contribution in [1.82, 2.24) is 9.97 Å². The number of halogens is 1. The molecule has 0 amide bonds. The van der Waals surface area contributed by atoms with E-state index in [0.29, 0.717) is 0 Å². The van der Waals surface area contributed by atoms with Gasteiger partial charge in [-0.1, -0.05) is 15.9 Å². The van der Waals surface area contributed by atoms with E-state index in [0.717, 1.165) is 27.6 Å². The molecule has 0 saturated heterocycles. The molecule has 0 aliphatic rings. The standard InChI is InChI=1S/C13H15BrN4/c1-8-4-10(14)6-11(5-8)18-13-7-12(15-3)16-9(2)17-13/h4-7H,1-3H3,(H2,15,16,17,18). The van der Waals surface area contributed by atoms with Gasteiger partial charge < -0.3 is 10.6 Å². The Labute approximate surface area is 115 Å². The molecule has 5 heteroatoms. The van der Waals surface area contributed by atoms with Gasteiger partial charge in [-0.05, 0) is 37.6 Å². The molecule has 0 bridgehead atoms. The van der Waals surface area contributed by atoms with Crippen LogP contribution in [0.4, 0.5) is 17.3 Å². The van der Waals surface area contributed by atoms with Crippen molar-refractivity contribution in [1.29, 1.82) is 0 Å². The van der Waals surface area contributed by atoms with E-state index in [1.807, 2.05) is 26.1 Å². The number of hydrogen-bond donors (Lipinski definition) is 2. The van der Waals surface area contributed by atoms with E-state index in [1.54, 1.807) is 0 Å². The first-order chi connectivity index (χ1) is 8.56. The highest BCUT2D eigenvalue weighted by molar-refractivity contribution is 9.10. The Kier molecular flexibility index (Phi) is 3.81. The van der Waals surface area contributed by atoms with Crippen molar-refractivity contribution >= 4 is 33.3 Å². The van der Waals surface area contributed by atoms with Crippen LogP contribution in [-0.4, -0.2) is 17.0 Å². The summed E-state index contributed by atoms with van der Waals surface area (Å²) < 4.78 is 1.05. The molecule has 2 rings (SSSR count). The Balaban J connectivity index is 2.30. The van der Waals surface area contributed by atoms with Crippen LogP contribution in [0.15, 0.2) is 28.7 Å². The third-order valence-electron chi connectivity index (χ3n) is 2.41. The van der Waals surface area contributed by atoms with E-state index in [1.165, 1.54) is 5.56 Å². The van der Waals surface area contributed by atoms with Crippen molar-refractivity contribution in [2.75, 3.05) is 17.7 Å². The van der Waals surface area contributed by atoms with Crippen molar-refractivity contribution in [2.24, 2.45) is 0 Å². The van der Waals surface area contributed by atoms with Crippen molar-refractivity contribution in [3.8, 4) is 0 Å². The summed E-state index contributed by atoms with van der Waals surface area (Å²) in [4.78, 5) is 8.62. The number of aryl methyl sites for hydroxylation is 2. The Hall–Kier alpha value is -1.62. The molecule has 18 heavy (non-hydrogen) atoms. The molecular weight excluding hydrogens is 292 g/mol. The summed E-state index contributed by atoms with van der Waals surface area (Å²) in [5, 5.41) is 6.30. The minimum Gasteiger partial charge on any atom is -0.373 e. The Morgan fingerprint density at radius 1 is 1.00 bits per heavy atom. The fourth-order valence-corrected chi connectivity index (χ4v) is 2.32. The molecule has 0 aliphatic heterocycles. The summed E-state index contributed by atoms with van der Waals surface area (Å²) in [6, 6.07) is 8.03. The van der Waals surface area contributed by atoms with E-state index < -0.39 is 0 Å². The molecule has 0 atom stereocenters. The van der Waals surface area contributed by atoms with Gasteiger partial charge in [0, 0.05) is 23.3 Å². The lowest BCUT2D eigenvalue weighted by Crippen LogP contribution is -2.01. The number of benzene rings is 1. The summed E-state index contributed by atoms with van der Waals surface area (Å²) in [7, 11) is 1.84.